The summed E-state index contributed by atoms with van der Waals surface area (Å²) in [4.78, 5) is 11.2. The Hall–Kier alpha value is -2.44. The topological polar surface area (TPSA) is 56.1 Å². The number of carbonyl (C=O) groups is 1. The van der Waals surface area contributed by atoms with Crippen molar-refractivity contribution in [3.05, 3.63) is 47.2 Å². The number of esters is 1. The van der Waals surface area contributed by atoms with E-state index in [-0.39, 0.29) is 12.6 Å². The minimum Gasteiger partial charge on any atom is -0.468 e. The average molecular weight is 307 g/mol. The Morgan fingerprint density at radius 1 is 1.50 bits per heavy atom. The zero-order chi connectivity index (χ0) is 15.7. The molecule has 0 saturated carbocycles. The molecule has 1 aliphatic rings. The van der Waals surface area contributed by atoms with E-state index in [0.29, 0.717) is 29.8 Å². The Morgan fingerprint density at radius 2 is 2.32 bits per heavy atom. The number of ether oxygens (including phenoxy) is 1. The van der Waals surface area contributed by atoms with Crippen molar-refractivity contribution < 1.29 is 18.3 Å². The highest BCUT2D eigenvalue weighted by atomic mass is 19.1. The van der Waals surface area contributed by atoms with Crippen molar-refractivity contribution in [1.82, 2.24) is 9.78 Å². The molecule has 0 unspecified atom stereocenters. The number of halogens is 2. The number of hydrogen-bond acceptors (Lipinski definition) is 4. The second kappa shape index (κ2) is 5.75. The standard InChI is InChI=1S/C15H15F2N3O2/c1-22-15(21)8-20-5-4-14(19-20)18-13-3-2-10-11(13)6-9(16)7-12(10)17/h4-7,13H,2-3,8H2,1H3,(H,18,19)/t13-/m0/s1. The van der Waals surface area contributed by atoms with Gasteiger partial charge in [0.2, 0.25) is 0 Å². The lowest BCUT2D eigenvalue weighted by Gasteiger charge is -2.13. The lowest BCUT2D eigenvalue weighted by atomic mass is 10.1. The van der Waals surface area contributed by atoms with Gasteiger partial charge in [0.15, 0.2) is 0 Å². The van der Waals surface area contributed by atoms with Crippen molar-refractivity contribution in [3.63, 3.8) is 0 Å². The van der Waals surface area contributed by atoms with E-state index in [4.69, 9.17) is 0 Å². The van der Waals surface area contributed by atoms with Gasteiger partial charge in [0, 0.05) is 18.3 Å². The summed E-state index contributed by atoms with van der Waals surface area (Å²) in [7, 11) is 1.31. The monoisotopic (exact) mass is 307 g/mol. The Balaban J connectivity index is 1.75. The van der Waals surface area contributed by atoms with Crippen LogP contribution in [0.5, 0.6) is 0 Å². The number of methoxy groups -OCH3 is 1. The molecule has 5 nitrogen and oxygen atoms in total. The van der Waals surface area contributed by atoms with Crippen molar-refractivity contribution in [2.24, 2.45) is 0 Å². The zero-order valence-corrected chi connectivity index (χ0v) is 12.0. The summed E-state index contributed by atoms with van der Waals surface area (Å²) in [5.41, 5.74) is 1.17. The first-order chi connectivity index (χ1) is 10.6. The highest BCUT2D eigenvalue weighted by Crippen LogP contribution is 2.35. The number of hydrogen-bond donors (Lipinski definition) is 1. The summed E-state index contributed by atoms with van der Waals surface area (Å²) in [5.74, 6) is -0.937. The van der Waals surface area contributed by atoms with Crippen molar-refractivity contribution in [3.8, 4) is 0 Å². The van der Waals surface area contributed by atoms with E-state index in [1.165, 1.54) is 17.9 Å². The van der Waals surface area contributed by atoms with Gasteiger partial charge in [0.05, 0.1) is 13.2 Å². The molecular weight excluding hydrogens is 292 g/mol. The smallest absolute Gasteiger partial charge is 0.327 e. The lowest BCUT2D eigenvalue weighted by molar-refractivity contribution is -0.141. The van der Waals surface area contributed by atoms with Gasteiger partial charge in [0.25, 0.3) is 0 Å². The lowest BCUT2D eigenvalue weighted by Crippen LogP contribution is -2.13. The van der Waals surface area contributed by atoms with Crippen LogP contribution in [0.15, 0.2) is 24.4 Å². The quantitative estimate of drug-likeness (QED) is 0.882. The van der Waals surface area contributed by atoms with Crippen LogP contribution in [0, 0.1) is 11.6 Å². The summed E-state index contributed by atoms with van der Waals surface area (Å²) >= 11 is 0. The van der Waals surface area contributed by atoms with E-state index >= 15 is 0 Å². The van der Waals surface area contributed by atoms with Gasteiger partial charge in [-0.15, -0.1) is 0 Å². The molecule has 22 heavy (non-hydrogen) atoms. The maximum absolute atomic E-state index is 13.7. The van der Waals surface area contributed by atoms with Crippen LogP contribution < -0.4 is 5.32 Å². The third-order valence-electron chi connectivity index (χ3n) is 3.73. The Morgan fingerprint density at radius 3 is 3.09 bits per heavy atom. The third kappa shape index (κ3) is 2.79. The predicted octanol–water partition coefficient (Wildman–Crippen LogP) is 2.43. The summed E-state index contributed by atoms with van der Waals surface area (Å²) in [6.07, 6.45) is 2.86. The number of carbonyl (C=O) groups excluding carboxylic acids is 1. The number of aromatic nitrogens is 2. The maximum Gasteiger partial charge on any atom is 0.327 e. The molecule has 0 amide bonds. The fraction of sp³-hybridized carbons (Fsp3) is 0.333. The number of nitrogens with zero attached hydrogens (tertiary/aromatic N) is 2. The number of rotatable bonds is 4. The molecule has 1 aromatic heterocycles. The van der Waals surface area contributed by atoms with Crippen molar-refractivity contribution in [2.45, 2.75) is 25.4 Å². The second-order valence-corrected chi connectivity index (χ2v) is 5.17. The molecule has 0 radical (unpaired) electrons. The van der Waals surface area contributed by atoms with Crippen LogP contribution in [0.4, 0.5) is 14.6 Å². The van der Waals surface area contributed by atoms with Crippen LogP contribution in [0.25, 0.3) is 0 Å². The summed E-state index contributed by atoms with van der Waals surface area (Å²) in [6.45, 7) is 0.0166. The molecule has 1 heterocycles. The van der Waals surface area contributed by atoms with Crippen molar-refractivity contribution >= 4 is 11.8 Å². The first-order valence-electron chi connectivity index (χ1n) is 6.91. The summed E-state index contributed by atoms with van der Waals surface area (Å²) in [6, 6.07) is 3.78. The van der Waals surface area contributed by atoms with Crippen LogP contribution in [-0.4, -0.2) is 22.9 Å². The molecule has 2 aromatic rings. The van der Waals surface area contributed by atoms with Gasteiger partial charge in [0.1, 0.15) is 24.0 Å². The molecule has 7 heteroatoms. The van der Waals surface area contributed by atoms with Gasteiger partial charge in [-0.25, -0.2) is 8.78 Å². The Kier molecular flexibility index (Phi) is 3.79. The fourth-order valence-corrected chi connectivity index (χ4v) is 2.69. The molecule has 3 rings (SSSR count). The Bertz CT molecular complexity index is 715. The molecule has 1 aliphatic carbocycles. The number of fused-ring (bicyclic) bond motifs is 1. The van der Waals surface area contributed by atoms with E-state index < -0.39 is 17.6 Å². The van der Waals surface area contributed by atoms with Gasteiger partial charge in [-0.1, -0.05) is 0 Å². The Labute approximate surface area is 125 Å². The SMILES string of the molecule is COC(=O)Cn1ccc(N[C@H]2CCc3c(F)cc(F)cc32)n1. The highest BCUT2D eigenvalue weighted by molar-refractivity contribution is 5.68. The first kappa shape index (κ1) is 14.5. The zero-order valence-electron chi connectivity index (χ0n) is 12.0. The van der Waals surface area contributed by atoms with Crippen LogP contribution in [0.1, 0.15) is 23.6 Å². The maximum atomic E-state index is 13.7. The van der Waals surface area contributed by atoms with E-state index in [1.807, 2.05) is 0 Å². The van der Waals surface area contributed by atoms with Crippen LogP contribution >= 0.6 is 0 Å². The third-order valence-corrected chi connectivity index (χ3v) is 3.73. The number of anilines is 1. The molecule has 1 atom stereocenters. The molecule has 0 spiro atoms. The van der Waals surface area contributed by atoms with Gasteiger partial charge < -0.3 is 10.1 Å². The van der Waals surface area contributed by atoms with Gasteiger partial charge in [-0.3, -0.25) is 9.48 Å². The van der Waals surface area contributed by atoms with Gasteiger partial charge in [-0.2, -0.15) is 5.10 Å². The molecule has 0 aliphatic heterocycles. The second-order valence-electron chi connectivity index (χ2n) is 5.17. The number of benzene rings is 1. The molecule has 0 saturated heterocycles. The van der Waals surface area contributed by atoms with Gasteiger partial charge >= 0.3 is 5.97 Å². The molecular formula is C15H15F2N3O2. The normalized spacial score (nSPS) is 16.4. The number of nitrogens with one attached hydrogen (secondary N) is 1. The average Bonchev–Trinajstić information content (AvgIpc) is 3.07. The minimum absolute atomic E-state index is 0.0166. The van der Waals surface area contributed by atoms with Gasteiger partial charge in [-0.05, 0) is 30.0 Å². The predicted molar refractivity (Wildman–Crippen MR) is 75.3 cm³/mol. The minimum atomic E-state index is -0.582. The van der Waals surface area contributed by atoms with Crippen LogP contribution in [-0.2, 0) is 22.5 Å². The van der Waals surface area contributed by atoms with Crippen molar-refractivity contribution in [2.75, 3.05) is 12.4 Å². The van der Waals surface area contributed by atoms with Crippen LogP contribution in [0.3, 0.4) is 0 Å². The van der Waals surface area contributed by atoms with E-state index in [9.17, 15) is 13.6 Å². The molecule has 1 aromatic carbocycles. The summed E-state index contributed by atoms with van der Waals surface area (Å²) in [5, 5.41) is 7.34. The van der Waals surface area contributed by atoms with E-state index in [0.717, 1.165) is 6.07 Å². The van der Waals surface area contributed by atoms with Crippen LogP contribution in [0.2, 0.25) is 0 Å². The first-order valence-corrected chi connectivity index (χ1v) is 6.91. The van der Waals surface area contributed by atoms with E-state index in [2.05, 4.69) is 15.2 Å². The summed E-state index contributed by atoms with van der Waals surface area (Å²) < 4.78 is 33.1. The fourth-order valence-electron chi connectivity index (χ4n) is 2.69. The molecule has 1 N–H and O–H groups in total. The van der Waals surface area contributed by atoms with Crippen molar-refractivity contribution in [1.29, 1.82) is 0 Å². The molecule has 0 fully saturated rings. The molecule has 116 valence electrons. The largest absolute Gasteiger partial charge is 0.468 e. The van der Waals surface area contributed by atoms with E-state index in [1.54, 1.807) is 12.3 Å². The molecule has 0 bridgehead atoms. The highest BCUT2D eigenvalue weighted by Gasteiger charge is 2.26.